The van der Waals surface area contributed by atoms with E-state index in [-0.39, 0.29) is 52.9 Å². The van der Waals surface area contributed by atoms with Crippen LogP contribution in [0.3, 0.4) is 0 Å². The quantitative estimate of drug-likeness (QED) is 0.338. The van der Waals surface area contributed by atoms with Gasteiger partial charge in [-0.2, -0.15) is 13.2 Å². The number of nitrogens with zero attached hydrogens (tertiary/aromatic N) is 3. The second-order valence-corrected chi connectivity index (χ2v) is 12.5. The van der Waals surface area contributed by atoms with E-state index in [1.165, 1.54) is 36.0 Å². The molecule has 2 heterocycles. The minimum atomic E-state index is -4.83. The van der Waals surface area contributed by atoms with Crippen LogP contribution in [0, 0.1) is 5.92 Å². The summed E-state index contributed by atoms with van der Waals surface area (Å²) in [5.74, 6) is -0.400. The van der Waals surface area contributed by atoms with Crippen molar-refractivity contribution in [3.63, 3.8) is 0 Å². The van der Waals surface area contributed by atoms with E-state index in [2.05, 4.69) is 20.5 Å². The average Bonchev–Trinajstić information content (AvgIpc) is 3.67. The van der Waals surface area contributed by atoms with Crippen molar-refractivity contribution in [3.8, 4) is 11.6 Å². The number of anilines is 2. The highest BCUT2D eigenvalue weighted by atomic mass is 32.2. The summed E-state index contributed by atoms with van der Waals surface area (Å²) in [5.41, 5.74) is -2.88. The number of carbonyl (C=O) groups excluding carboxylic acids is 2. The third kappa shape index (κ3) is 7.09. The number of carbonyl (C=O) groups is 2. The van der Waals surface area contributed by atoms with Crippen molar-refractivity contribution in [3.05, 3.63) is 24.4 Å². The number of aliphatic hydroxyl groups excluding tert-OH is 1. The highest BCUT2D eigenvalue weighted by molar-refractivity contribution is 7.93. The van der Waals surface area contributed by atoms with E-state index < -0.39 is 46.6 Å². The Morgan fingerprint density at radius 2 is 1.95 bits per heavy atom. The number of ether oxygens (including phenoxy) is 3. The van der Waals surface area contributed by atoms with Gasteiger partial charge in [-0.1, -0.05) is 0 Å². The van der Waals surface area contributed by atoms with Crippen molar-refractivity contribution in [2.45, 2.75) is 75.9 Å². The van der Waals surface area contributed by atoms with Crippen molar-refractivity contribution < 1.29 is 50.5 Å². The van der Waals surface area contributed by atoms with Crippen LogP contribution in [0.15, 0.2) is 29.3 Å². The van der Waals surface area contributed by atoms with E-state index in [1.807, 2.05) is 0 Å². The van der Waals surface area contributed by atoms with E-state index in [4.69, 9.17) is 9.47 Å². The van der Waals surface area contributed by atoms with Gasteiger partial charge in [0.1, 0.15) is 18.5 Å². The molecule has 1 unspecified atom stereocenters. The first kappa shape index (κ1) is 32.2. The molecule has 1 saturated carbocycles. The third-order valence-electron chi connectivity index (χ3n) is 6.95. The molecule has 2 aliphatic rings. The number of aliphatic hydroxyl groups is 1. The summed E-state index contributed by atoms with van der Waals surface area (Å²) in [7, 11) is -4.46. The summed E-state index contributed by atoms with van der Waals surface area (Å²) >= 11 is 0. The van der Waals surface area contributed by atoms with Gasteiger partial charge in [0.15, 0.2) is 4.90 Å². The lowest BCUT2D eigenvalue weighted by Crippen LogP contribution is -2.55. The number of fused-ring (bicyclic) bond motifs is 1. The lowest BCUT2D eigenvalue weighted by Gasteiger charge is -2.39. The molecule has 0 bridgehead atoms. The number of benzene rings is 1. The average molecular weight is 634 g/mol. The maximum Gasteiger partial charge on any atom is 0.427 e. The van der Waals surface area contributed by atoms with Gasteiger partial charge in [-0.15, -0.1) is 5.10 Å². The zero-order valence-corrected chi connectivity index (χ0v) is 24.8. The predicted octanol–water partition coefficient (Wildman–Crippen LogP) is 3.03. The molecule has 0 spiro atoms. The second-order valence-electron chi connectivity index (χ2n) is 10.7. The molecule has 1 aliphatic carbocycles. The van der Waals surface area contributed by atoms with Gasteiger partial charge < -0.3 is 24.6 Å². The van der Waals surface area contributed by atoms with Gasteiger partial charge in [0.25, 0.3) is 15.9 Å². The van der Waals surface area contributed by atoms with E-state index >= 15 is 0 Å². The van der Waals surface area contributed by atoms with Crippen molar-refractivity contribution >= 4 is 33.4 Å². The number of aryl methyl sites for hydroxylation is 1. The number of halogens is 3. The Morgan fingerprint density at radius 1 is 1.26 bits per heavy atom. The lowest BCUT2D eigenvalue weighted by atomic mass is 10.0. The first-order valence-electron chi connectivity index (χ1n) is 13.6. The summed E-state index contributed by atoms with van der Waals surface area (Å²) in [4.78, 5) is 24.1. The number of aromatic nitrogens is 2. The van der Waals surface area contributed by atoms with Crippen molar-refractivity contribution in [1.29, 1.82) is 0 Å². The fourth-order valence-electron chi connectivity index (χ4n) is 4.49. The number of sulfonamides is 1. The van der Waals surface area contributed by atoms with Gasteiger partial charge in [0.2, 0.25) is 11.5 Å². The zero-order chi connectivity index (χ0) is 31.7. The summed E-state index contributed by atoms with van der Waals surface area (Å²) in [6, 6.07) is 3.41. The maximum atomic E-state index is 14.2. The van der Waals surface area contributed by atoms with Crippen molar-refractivity contribution in [1.82, 2.24) is 15.1 Å². The van der Waals surface area contributed by atoms with Gasteiger partial charge in [0.05, 0.1) is 24.9 Å². The monoisotopic (exact) mass is 633 g/mol. The molecule has 43 heavy (non-hydrogen) atoms. The number of alkyl halides is 3. The highest BCUT2D eigenvalue weighted by Gasteiger charge is 2.51. The molecule has 13 nitrogen and oxygen atoms in total. The lowest BCUT2D eigenvalue weighted by molar-refractivity contribution is -0.242. The number of hydrogen-bond acceptors (Lipinski definition) is 9. The van der Waals surface area contributed by atoms with Gasteiger partial charge in [-0.3, -0.25) is 19.1 Å². The molecule has 0 radical (unpaired) electrons. The maximum absolute atomic E-state index is 14.2. The number of nitrogens with one attached hydrogen (secondary N) is 2. The summed E-state index contributed by atoms with van der Waals surface area (Å²) < 4.78 is 86.7. The Labute approximate surface area is 246 Å². The molecule has 0 saturated heterocycles. The van der Waals surface area contributed by atoms with Crippen LogP contribution in [0.5, 0.6) is 11.6 Å². The largest absolute Gasteiger partial charge is 0.484 e. The Hall–Kier alpha value is -3.73. The number of rotatable bonds is 11. The number of amides is 2. The molecule has 3 N–H and O–H groups in total. The molecular weight excluding hydrogens is 599 g/mol. The normalized spacial score (nSPS) is 17.9. The molecule has 2 atom stereocenters. The van der Waals surface area contributed by atoms with Crippen LogP contribution in [0.4, 0.5) is 29.3 Å². The molecule has 17 heteroatoms. The van der Waals surface area contributed by atoms with Crippen molar-refractivity contribution in [2.75, 3.05) is 29.4 Å². The van der Waals surface area contributed by atoms with Crippen LogP contribution in [0.25, 0.3) is 0 Å². The van der Waals surface area contributed by atoms with E-state index in [0.717, 1.165) is 17.1 Å². The minimum absolute atomic E-state index is 0.0288. The van der Waals surface area contributed by atoms with Crippen LogP contribution in [0.2, 0.25) is 0 Å². The first-order chi connectivity index (χ1) is 20.1. The Morgan fingerprint density at radius 3 is 2.53 bits per heavy atom. The molecule has 2 aromatic rings. The first-order valence-corrected chi connectivity index (χ1v) is 15.0. The van der Waals surface area contributed by atoms with Gasteiger partial charge in [0, 0.05) is 25.4 Å². The Balaban J connectivity index is 1.74. The molecule has 1 aliphatic heterocycles. The number of hydrogen-bond donors (Lipinski definition) is 3. The zero-order valence-electron chi connectivity index (χ0n) is 24.0. The molecule has 2 amide bonds. The van der Waals surface area contributed by atoms with Crippen LogP contribution < -0.4 is 24.4 Å². The van der Waals surface area contributed by atoms with Crippen LogP contribution in [-0.4, -0.2) is 79.0 Å². The molecule has 238 valence electrons. The fraction of sp³-hybridized carbons (Fsp3) is 0.577. The third-order valence-corrected chi connectivity index (χ3v) is 8.71. The predicted molar refractivity (Wildman–Crippen MR) is 146 cm³/mol. The Bertz CT molecular complexity index is 1460. The van der Waals surface area contributed by atoms with Crippen LogP contribution in [-0.2, 0) is 26.1 Å². The standard InChI is InChI=1S/C26H34F3N5O8S/c1-5-33-14-21(23(32-33)40-11-10-35)43(38,39)34-13-20(22(16-6-7-16)30-15(2)36)41-19-9-8-17(12-18(19)34)31-24(37)42-25(3,4)26(27,28)29/h8-9,12,14,16,20,22,35H,5-7,10-11,13H2,1-4H3,(H,30,36)(H,31,37)/t20-,22?/m1/s1. The van der Waals surface area contributed by atoms with Gasteiger partial charge >= 0.3 is 12.3 Å². The molecule has 4 rings (SSSR count). The van der Waals surface area contributed by atoms with Gasteiger partial charge in [-0.05, 0) is 57.7 Å². The van der Waals surface area contributed by atoms with Gasteiger partial charge in [-0.25, -0.2) is 13.2 Å². The Kier molecular flexibility index (Phi) is 9.06. The van der Waals surface area contributed by atoms with E-state index in [9.17, 15) is 36.3 Å². The highest BCUT2D eigenvalue weighted by Crippen LogP contribution is 2.43. The summed E-state index contributed by atoms with van der Waals surface area (Å²) in [6.07, 6.45) is -4.15. The molecule has 1 aromatic heterocycles. The smallest absolute Gasteiger partial charge is 0.427 e. The van der Waals surface area contributed by atoms with E-state index in [1.54, 1.807) is 6.92 Å². The summed E-state index contributed by atoms with van der Waals surface area (Å²) in [5, 5.41) is 18.4. The second kappa shape index (κ2) is 12.1. The topological polar surface area (TPSA) is 161 Å². The van der Waals surface area contributed by atoms with Crippen LogP contribution >= 0.6 is 0 Å². The minimum Gasteiger partial charge on any atom is -0.484 e. The van der Waals surface area contributed by atoms with E-state index in [0.29, 0.717) is 20.4 Å². The summed E-state index contributed by atoms with van der Waals surface area (Å²) in [6.45, 7) is 3.91. The molecule has 1 fully saturated rings. The molecular formula is C26H34F3N5O8S. The molecule has 1 aromatic carbocycles. The van der Waals surface area contributed by atoms with Crippen LogP contribution in [0.1, 0.15) is 40.5 Å². The SMILES string of the molecule is CCn1cc(S(=O)(=O)N2C[C@H](C(NC(C)=O)C3CC3)Oc3ccc(NC(=O)OC(C)(C)C(F)(F)F)cc32)c(OCCO)n1. The fourth-order valence-corrected chi connectivity index (χ4v) is 6.05. The van der Waals surface area contributed by atoms with Crippen molar-refractivity contribution in [2.24, 2.45) is 5.92 Å².